The maximum atomic E-state index is 12.4. The van der Waals surface area contributed by atoms with Gasteiger partial charge < -0.3 is 14.4 Å². The quantitative estimate of drug-likeness (QED) is 0.858. The van der Waals surface area contributed by atoms with Crippen molar-refractivity contribution in [1.29, 1.82) is 0 Å². The second kappa shape index (κ2) is 7.55. The fourth-order valence-electron chi connectivity index (χ4n) is 3.25. The van der Waals surface area contributed by atoms with Crippen LogP contribution in [-0.2, 0) is 18.3 Å². The van der Waals surface area contributed by atoms with Crippen molar-refractivity contribution in [3.05, 3.63) is 59.4 Å². The minimum absolute atomic E-state index is 0.0486. The van der Waals surface area contributed by atoms with Gasteiger partial charge in [-0.1, -0.05) is 29.8 Å². The molecule has 0 saturated carbocycles. The first kappa shape index (κ1) is 17.3. The molecular weight excluding hydrogens is 314 g/mol. The van der Waals surface area contributed by atoms with Crippen LogP contribution < -0.4 is 0 Å². The fraction of sp³-hybridized carbons (Fsp3) is 0.400. The van der Waals surface area contributed by atoms with E-state index < -0.39 is 0 Å². The zero-order chi connectivity index (χ0) is 17.8. The van der Waals surface area contributed by atoms with Gasteiger partial charge in [0.2, 0.25) is 5.91 Å². The minimum Gasteiger partial charge on any atom is -0.356 e. The number of aromatic nitrogens is 1. The predicted molar refractivity (Wildman–Crippen MR) is 97.4 cm³/mol. The van der Waals surface area contributed by atoms with Gasteiger partial charge in [0, 0.05) is 52.0 Å². The lowest BCUT2D eigenvalue weighted by Crippen LogP contribution is -2.50. The van der Waals surface area contributed by atoms with Gasteiger partial charge in [-0.15, -0.1) is 0 Å². The SMILES string of the molecule is Cc1cccc(CCC(=O)N2CCN(C(=O)c3ccn(C)c3)CC2)c1. The van der Waals surface area contributed by atoms with Crippen molar-refractivity contribution in [2.24, 2.45) is 7.05 Å². The number of rotatable bonds is 4. The highest BCUT2D eigenvalue weighted by Gasteiger charge is 2.24. The first-order valence-electron chi connectivity index (χ1n) is 8.77. The van der Waals surface area contributed by atoms with Crippen molar-refractivity contribution >= 4 is 11.8 Å². The summed E-state index contributed by atoms with van der Waals surface area (Å²) in [6.07, 6.45) is 5.00. The van der Waals surface area contributed by atoms with Crippen molar-refractivity contribution < 1.29 is 9.59 Å². The van der Waals surface area contributed by atoms with Gasteiger partial charge in [-0.3, -0.25) is 9.59 Å². The highest BCUT2D eigenvalue weighted by Crippen LogP contribution is 2.12. The fourth-order valence-corrected chi connectivity index (χ4v) is 3.25. The van der Waals surface area contributed by atoms with Crippen LogP contribution in [0.4, 0.5) is 0 Å². The van der Waals surface area contributed by atoms with Crippen LogP contribution in [-0.4, -0.2) is 52.4 Å². The predicted octanol–water partition coefficient (Wildman–Crippen LogP) is 2.25. The molecule has 1 saturated heterocycles. The lowest BCUT2D eigenvalue weighted by atomic mass is 10.1. The van der Waals surface area contributed by atoms with Gasteiger partial charge >= 0.3 is 0 Å². The molecule has 1 aromatic heterocycles. The molecule has 2 aromatic rings. The molecule has 0 aliphatic carbocycles. The van der Waals surface area contributed by atoms with Crippen LogP contribution in [0, 0.1) is 6.92 Å². The molecule has 0 N–H and O–H groups in total. The molecule has 132 valence electrons. The summed E-state index contributed by atoms with van der Waals surface area (Å²) in [4.78, 5) is 28.6. The topological polar surface area (TPSA) is 45.6 Å². The van der Waals surface area contributed by atoms with Crippen LogP contribution >= 0.6 is 0 Å². The van der Waals surface area contributed by atoms with E-state index in [-0.39, 0.29) is 11.8 Å². The molecule has 0 unspecified atom stereocenters. The molecule has 1 aliphatic heterocycles. The number of benzene rings is 1. The average Bonchev–Trinajstić information content (AvgIpc) is 3.06. The number of hydrogen-bond acceptors (Lipinski definition) is 2. The second-order valence-electron chi connectivity index (χ2n) is 6.73. The summed E-state index contributed by atoms with van der Waals surface area (Å²) in [6.45, 7) is 4.50. The second-order valence-corrected chi connectivity index (χ2v) is 6.73. The molecule has 1 aliphatic rings. The van der Waals surface area contributed by atoms with Crippen molar-refractivity contribution in [3.63, 3.8) is 0 Å². The third-order valence-corrected chi connectivity index (χ3v) is 4.71. The molecule has 5 heteroatoms. The molecule has 0 atom stereocenters. The highest BCUT2D eigenvalue weighted by atomic mass is 16.2. The lowest BCUT2D eigenvalue weighted by molar-refractivity contribution is -0.132. The zero-order valence-electron chi connectivity index (χ0n) is 14.9. The Hall–Kier alpha value is -2.56. The standard InChI is InChI=1S/C20H25N3O2/c1-16-4-3-5-17(14-16)6-7-19(24)22-10-12-23(13-11-22)20(25)18-8-9-21(2)15-18/h3-5,8-9,14-15H,6-7,10-13H2,1-2H3. The van der Waals surface area contributed by atoms with E-state index in [0.29, 0.717) is 38.2 Å². The van der Waals surface area contributed by atoms with Crippen LogP contribution in [0.1, 0.15) is 27.9 Å². The molecule has 25 heavy (non-hydrogen) atoms. The number of aryl methyl sites for hydroxylation is 3. The first-order chi connectivity index (χ1) is 12.0. The number of hydrogen-bond donors (Lipinski definition) is 0. The molecule has 0 spiro atoms. The smallest absolute Gasteiger partial charge is 0.255 e. The van der Waals surface area contributed by atoms with Crippen LogP contribution in [0.5, 0.6) is 0 Å². The summed E-state index contributed by atoms with van der Waals surface area (Å²) < 4.78 is 1.87. The largest absolute Gasteiger partial charge is 0.356 e. The molecule has 0 bridgehead atoms. The highest BCUT2D eigenvalue weighted by molar-refractivity contribution is 5.94. The normalized spacial score (nSPS) is 14.6. The van der Waals surface area contributed by atoms with Gasteiger partial charge in [-0.05, 0) is 25.0 Å². The average molecular weight is 339 g/mol. The van der Waals surface area contributed by atoms with Crippen molar-refractivity contribution in [2.45, 2.75) is 19.8 Å². The third-order valence-electron chi connectivity index (χ3n) is 4.71. The Morgan fingerprint density at radius 2 is 1.76 bits per heavy atom. The summed E-state index contributed by atoms with van der Waals surface area (Å²) in [5.74, 6) is 0.223. The minimum atomic E-state index is 0.0486. The van der Waals surface area contributed by atoms with Gasteiger partial charge in [-0.25, -0.2) is 0 Å². The monoisotopic (exact) mass is 339 g/mol. The van der Waals surface area contributed by atoms with Crippen LogP contribution in [0.3, 0.4) is 0 Å². The molecule has 2 heterocycles. The number of amides is 2. The number of carbonyl (C=O) groups is 2. The van der Waals surface area contributed by atoms with Gasteiger partial charge in [0.25, 0.3) is 5.91 Å². The Morgan fingerprint density at radius 3 is 2.40 bits per heavy atom. The van der Waals surface area contributed by atoms with Gasteiger partial charge in [0.1, 0.15) is 0 Å². The lowest BCUT2D eigenvalue weighted by Gasteiger charge is -2.34. The Bertz CT molecular complexity index is 758. The van der Waals surface area contributed by atoms with E-state index >= 15 is 0 Å². The number of piperazine rings is 1. The number of carbonyl (C=O) groups excluding carboxylic acids is 2. The van der Waals surface area contributed by atoms with Crippen molar-refractivity contribution in [3.8, 4) is 0 Å². The van der Waals surface area contributed by atoms with Gasteiger partial charge in [0.15, 0.2) is 0 Å². The van der Waals surface area contributed by atoms with E-state index in [0.717, 1.165) is 6.42 Å². The van der Waals surface area contributed by atoms with E-state index in [1.165, 1.54) is 11.1 Å². The van der Waals surface area contributed by atoms with Crippen molar-refractivity contribution in [2.75, 3.05) is 26.2 Å². The maximum absolute atomic E-state index is 12.4. The molecule has 3 rings (SSSR count). The molecule has 1 fully saturated rings. The summed E-state index contributed by atoms with van der Waals surface area (Å²) in [7, 11) is 1.90. The van der Waals surface area contributed by atoms with Crippen molar-refractivity contribution in [1.82, 2.24) is 14.4 Å². The Morgan fingerprint density at radius 1 is 1.04 bits per heavy atom. The van der Waals surface area contributed by atoms with Crippen LogP contribution in [0.2, 0.25) is 0 Å². The van der Waals surface area contributed by atoms with Gasteiger partial charge in [0.05, 0.1) is 5.56 Å². The van der Waals surface area contributed by atoms with E-state index in [1.54, 1.807) is 0 Å². The first-order valence-corrected chi connectivity index (χ1v) is 8.77. The third kappa shape index (κ3) is 4.29. The zero-order valence-corrected chi connectivity index (χ0v) is 14.9. The van der Waals surface area contributed by atoms with E-state index in [4.69, 9.17) is 0 Å². The summed E-state index contributed by atoms with van der Waals surface area (Å²) >= 11 is 0. The van der Waals surface area contributed by atoms with Gasteiger partial charge in [-0.2, -0.15) is 0 Å². The molecule has 2 amide bonds. The summed E-state index contributed by atoms with van der Waals surface area (Å²) in [5, 5.41) is 0. The Labute approximate surface area is 148 Å². The summed E-state index contributed by atoms with van der Waals surface area (Å²) in [6, 6.07) is 10.1. The summed E-state index contributed by atoms with van der Waals surface area (Å²) in [5.41, 5.74) is 3.13. The molecule has 0 radical (unpaired) electrons. The molecule has 5 nitrogen and oxygen atoms in total. The van der Waals surface area contributed by atoms with E-state index in [2.05, 4.69) is 25.1 Å². The molecule has 1 aromatic carbocycles. The maximum Gasteiger partial charge on any atom is 0.255 e. The van der Waals surface area contributed by atoms with Crippen LogP contribution in [0.15, 0.2) is 42.7 Å². The van der Waals surface area contributed by atoms with Crippen LogP contribution in [0.25, 0.3) is 0 Å². The Kier molecular flexibility index (Phi) is 5.22. The number of nitrogens with zero attached hydrogens (tertiary/aromatic N) is 3. The molecular formula is C20H25N3O2. The Balaban J connectivity index is 1.48. The van der Waals surface area contributed by atoms with E-state index in [1.807, 2.05) is 45.9 Å². The van der Waals surface area contributed by atoms with E-state index in [9.17, 15) is 9.59 Å².